The highest BCUT2D eigenvalue weighted by molar-refractivity contribution is 6.39. The minimum Gasteiger partial charge on any atom is -0.460 e. The normalized spacial score (nSPS) is 38.5. The molecule has 2 saturated heterocycles. The highest BCUT2D eigenvalue weighted by Crippen LogP contribution is 2.39. The number of esters is 1. The molecule has 75 heavy (non-hydrogen) atoms. The summed E-state index contributed by atoms with van der Waals surface area (Å²) in [6.45, 7) is 14.6. The molecule has 1 amide bonds. The van der Waals surface area contributed by atoms with Gasteiger partial charge < -0.3 is 43.9 Å². The van der Waals surface area contributed by atoms with E-state index >= 15 is 0 Å². The van der Waals surface area contributed by atoms with Gasteiger partial charge in [0.15, 0.2) is 5.78 Å². The SMILES string of the molecule is CO[C@H]1C[C@@H]2CC[C@@H](C)[C@@](O)(O2)C(=O)C(=O)N2CCCCC2C(=O)O[C@H]([C@H](C)C[C@@H]2CC[C@@H](O)[C@H](OC)C2)CC(=O)[C@H](C)/C=C(\C)[C@@H](O)[C@@H](OC)C(=O)[C@H](C)C[C@H](C)C2C=CC(/C=C/1C)ON2c1ccc(Cl)c(C)c1. The summed E-state index contributed by atoms with van der Waals surface area (Å²) >= 11 is 6.49. The Morgan fingerprint density at radius 3 is 2.27 bits per heavy atom. The number of halogens is 1. The molecule has 3 unspecified atom stereocenters. The van der Waals surface area contributed by atoms with Crippen molar-refractivity contribution in [2.45, 2.75) is 199 Å². The molecule has 17 atom stereocenters. The molecule has 1 aliphatic carbocycles. The number of amides is 1. The van der Waals surface area contributed by atoms with Crippen LogP contribution < -0.4 is 5.06 Å². The monoisotopic (exact) mass is 1070 g/mol. The number of carbonyl (C=O) groups is 5. The van der Waals surface area contributed by atoms with Crippen LogP contribution >= 0.6 is 11.6 Å². The van der Waals surface area contributed by atoms with E-state index in [2.05, 4.69) is 6.08 Å². The zero-order valence-corrected chi connectivity index (χ0v) is 46.8. The number of carbonyl (C=O) groups excluding carboxylic acids is 5. The molecule has 0 spiro atoms. The number of aryl methyl sites for hydroxylation is 1. The Bertz CT molecular complexity index is 2270. The van der Waals surface area contributed by atoms with Gasteiger partial charge in [-0.25, -0.2) is 9.86 Å². The van der Waals surface area contributed by atoms with Crippen molar-refractivity contribution in [2.24, 2.45) is 35.5 Å². The molecule has 17 heteroatoms. The molecule has 4 bridgehead atoms. The van der Waals surface area contributed by atoms with Crippen molar-refractivity contribution in [1.82, 2.24) is 4.90 Å². The predicted molar refractivity (Wildman–Crippen MR) is 283 cm³/mol. The number of aliphatic hydroxyl groups excluding tert-OH is 2. The van der Waals surface area contributed by atoms with Gasteiger partial charge >= 0.3 is 5.97 Å². The van der Waals surface area contributed by atoms with E-state index in [4.69, 9.17) is 40.1 Å². The van der Waals surface area contributed by atoms with Crippen molar-refractivity contribution in [2.75, 3.05) is 32.9 Å². The number of anilines is 1. The predicted octanol–water partition coefficient (Wildman–Crippen LogP) is 7.78. The molecule has 5 heterocycles. The molecule has 1 aromatic rings. The summed E-state index contributed by atoms with van der Waals surface area (Å²) in [6, 6.07) is 4.13. The van der Waals surface area contributed by atoms with Crippen LogP contribution in [0.15, 0.2) is 53.6 Å². The smallest absolute Gasteiger partial charge is 0.329 e. The molecule has 3 fully saturated rings. The van der Waals surface area contributed by atoms with Crippen molar-refractivity contribution >= 4 is 46.5 Å². The number of hydrogen-bond acceptors (Lipinski definition) is 15. The second-order valence-electron chi connectivity index (χ2n) is 22.5. The fraction of sp³-hybridized carbons (Fsp3) is 0.707. The molecule has 1 aromatic carbocycles. The number of piperidine rings is 1. The summed E-state index contributed by atoms with van der Waals surface area (Å²) in [5.74, 6) is -8.58. The molecule has 16 nitrogen and oxygen atoms in total. The fourth-order valence-electron chi connectivity index (χ4n) is 12.0. The summed E-state index contributed by atoms with van der Waals surface area (Å²) in [4.78, 5) is 79.9. The van der Waals surface area contributed by atoms with Gasteiger partial charge in [-0.05, 0) is 144 Å². The number of benzene rings is 1. The third-order valence-electron chi connectivity index (χ3n) is 16.9. The zero-order valence-electron chi connectivity index (χ0n) is 46.1. The standard InChI is InChI=1S/C58H85ClN2O14/c1-32-27-41(17-20-44(32)59)61-45-21-19-43(75-61)28-36(5)49(70-9)30-42-18-15-39(8)58(69,74-42)55(66)56(67)60-23-13-12-14-46(60)57(68)73-50(35(4)26-40-16-22-47(62)51(29-40)71-10)31-48(63)34(3)25-38(7)53(65)54(72-11)52(64)37(6)24-33(45)2/h17,19-21,25,27-28,33-35,37,39-40,42-43,45-47,49-51,53-54,62,65,69H,12-16,18,22-24,26,29-31H2,1-11H3/b36-28+,38-25+/t33-,34+,35+,37+,39+,40-,42-,43?,45?,46?,47+,49-,50-,51+,53+,54-,58+/m0/s1. The van der Waals surface area contributed by atoms with Gasteiger partial charge in [0.25, 0.3) is 11.7 Å². The van der Waals surface area contributed by atoms with E-state index in [0.717, 1.165) is 16.8 Å². The maximum Gasteiger partial charge on any atom is 0.329 e. The quantitative estimate of drug-likeness (QED) is 0.135. The maximum atomic E-state index is 14.5. The first kappa shape index (κ1) is 60.4. The molecular weight excluding hydrogens is 984 g/mol. The number of fused-ring (bicyclic) bond motifs is 16. The minimum atomic E-state index is -2.49. The molecular formula is C58H85ClN2O14. The first-order valence-corrected chi connectivity index (χ1v) is 27.6. The third kappa shape index (κ3) is 14.5. The van der Waals surface area contributed by atoms with Crippen LogP contribution in [-0.4, -0.2) is 144 Å². The lowest BCUT2D eigenvalue weighted by Crippen LogP contribution is -2.61. The number of ether oxygens (including phenoxy) is 5. The van der Waals surface area contributed by atoms with Crippen LogP contribution in [0.1, 0.15) is 131 Å². The van der Waals surface area contributed by atoms with E-state index in [1.807, 2.05) is 70.0 Å². The molecule has 1 saturated carbocycles. The highest BCUT2D eigenvalue weighted by Gasteiger charge is 2.53. The largest absolute Gasteiger partial charge is 0.460 e. The fourth-order valence-corrected chi connectivity index (χ4v) is 12.1. The molecule has 3 N–H and O–H groups in total. The van der Waals surface area contributed by atoms with Crippen molar-refractivity contribution in [3.8, 4) is 0 Å². The summed E-state index contributed by atoms with van der Waals surface area (Å²) in [5.41, 5.74) is 2.76. The number of rotatable bonds is 7. The van der Waals surface area contributed by atoms with Crippen molar-refractivity contribution < 1.29 is 67.8 Å². The van der Waals surface area contributed by atoms with Gasteiger partial charge in [-0.15, -0.1) is 0 Å². The lowest BCUT2D eigenvalue weighted by molar-refractivity contribution is -0.265. The molecule has 6 aliphatic rings. The summed E-state index contributed by atoms with van der Waals surface area (Å²) in [5, 5.41) is 36.9. The van der Waals surface area contributed by atoms with Crippen molar-refractivity contribution in [3.63, 3.8) is 0 Å². The Balaban J connectivity index is 1.36. The summed E-state index contributed by atoms with van der Waals surface area (Å²) in [6.07, 6.45) is 6.19. The van der Waals surface area contributed by atoms with E-state index in [0.29, 0.717) is 68.4 Å². The van der Waals surface area contributed by atoms with Crippen LogP contribution in [0, 0.1) is 42.4 Å². The number of methoxy groups -OCH3 is 3. The Labute approximate surface area is 449 Å². The first-order chi connectivity index (χ1) is 35.5. The average molecular weight is 1070 g/mol. The van der Waals surface area contributed by atoms with Crippen LogP contribution in [0.3, 0.4) is 0 Å². The van der Waals surface area contributed by atoms with Gasteiger partial charge in [0.1, 0.15) is 36.2 Å². The lowest BCUT2D eigenvalue weighted by Gasteiger charge is -2.43. The van der Waals surface area contributed by atoms with E-state index in [1.54, 1.807) is 41.1 Å². The molecule has 7 rings (SSSR count). The Morgan fingerprint density at radius 1 is 0.853 bits per heavy atom. The lowest BCUT2D eigenvalue weighted by atomic mass is 9.78. The second-order valence-corrected chi connectivity index (χ2v) is 22.9. The number of hydrogen-bond donors (Lipinski definition) is 3. The van der Waals surface area contributed by atoms with Crippen molar-refractivity contribution in [3.05, 3.63) is 64.2 Å². The van der Waals surface area contributed by atoms with Gasteiger partial charge in [-0.3, -0.25) is 24.0 Å². The van der Waals surface area contributed by atoms with E-state index in [-0.39, 0.29) is 67.3 Å². The maximum absolute atomic E-state index is 14.5. The number of ketones is 3. The van der Waals surface area contributed by atoms with Crippen LogP contribution in [0.4, 0.5) is 5.69 Å². The molecule has 0 aromatic heterocycles. The number of nitrogens with zero attached hydrogens (tertiary/aromatic N) is 2. The van der Waals surface area contributed by atoms with Crippen LogP contribution in [0.25, 0.3) is 0 Å². The Hall–Kier alpha value is -3.84. The number of allylic oxidation sites excluding steroid dienone is 1. The van der Waals surface area contributed by atoms with E-state index in [1.165, 1.54) is 12.0 Å². The second kappa shape index (κ2) is 26.7. The van der Waals surface area contributed by atoms with Crippen LogP contribution in [-0.2, 0) is 52.5 Å². The molecule has 5 aliphatic heterocycles. The number of hydroxylamine groups is 1. The molecule has 0 radical (unpaired) electrons. The van der Waals surface area contributed by atoms with Gasteiger partial charge in [-0.2, -0.15) is 0 Å². The average Bonchev–Trinajstić information content (AvgIpc) is 3.39. The number of aliphatic hydroxyl groups is 3. The topological polar surface area (TPSA) is 208 Å². The Morgan fingerprint density at radius 2 is 1.59 bits per heavy atom. The minimum absolute atomic E-state index is 0.0650. The van der Waals surface area contributed by atoms with Gasteiger partial charge in [0.05, 0.1) is 36.1 Å². The van der Waals surface area contributed by atoms with E-state index in [9.17, 15) is 39.3 Å². The van der Waals surface area contributed by atoms with Crippen molar-refractivity contribution in [1.29, 1.82) is 0 Å². The van der Waals surface area contributed by atoms with Gasteiger partial charge in [0.2, 0.25) is 5.79 Å². The summed E-state index contributed by atoms with van der Waals surface area (Å²) in [7, 11) is 4.51. The molecule has 418 valence electrons. The van der Waals surface area contributed by atoms with Gasteiger partial charge in [0, 0.05) is 63.5 Å². The zero-order chi connectivity index (χ0) is 55.1. The third-order valence-corrected chi connectivity index (χ3v) is 17.3. The highest BCUT2D eigenvalue weighted by atomic mass is 35.5. The summed E-state index contributed by atoms with van der Waals surface area (Å²) < 4.78 is 29.9. The Kier molecular flexibility index (Phi) is 21.5. The van der Waals surface area contributed by atoms with Crippen LogP contribution in [0.2, 0.25) is 5.02 Å². The van der Waals surface area contributed by atoms with E-state index < -0.39 is 90.0 Å². The number of Topliss-reactive ketones (excluding diaryl/α,β-unsaturated/α-hetero) is 3. The first-order valence-electron chi connectivity index (χ1n) is 27.3. The van der Waals surface area contributed by atoms with Crippen LogP contribution in [0.5, 0.6) is 0 Å². The van der Waals surface area contributed by atoms with Gasteiger partial charge in [-0.1, -0.05) is 64.4 Å².